The number of carbonyl (C=O) groups is 1. The molecule has 37 heavy (non-hydrogen) atoms. The summed E-state index contributed by atoms with van der Waals surface area (Å²) in [7, 11) is -4.19. The van der Waals surface area contributed by atoms with Gasteiger partial charge in [-0.05, 0) is 45.0 Å². The average molecular weight is 535 g/mol. The van der Waals surface area contributed by atoms with Crippen LogP contribution in [0.5, 0.6) is 5.75 Å². The van der Waals surface area contributed by atoms with E-state index in [4.69, 9.17) is 24.3 Å². The molecule has 2 aromatic heterocycles. The number of hydrogen-bond acceptors (Lipinski definition) is 11. The van der Waals surface area contributed by atoms with Crippen molar-refractivity contribution in [1.82, 2.24) is 19.7 Å². The van der Waals surface area contributed by atoms with Crippen molar-refractivity contribution in [3.8, 4) is 5.75 Å². The van der Waals surface area contributed by atoms with Gasteiger partial charge in [0.2, 0.25) is 0 Å². The van der Waals surface area contributed by atoms with E-state index in [1.54, 1.807) is 49.4 Å². The van der Waals surface area contributed by atoms with E-state index in [1.807, 2.05) is 0 Å². The van der Waals surface area contributed by atoms with Gasteiger partial charge in [-0.3, -0.25) is 9.32 Å². The van der Waals surface area contributed by atoms with Crippen molar-refractivity contribution in [3.63, 3.8) is 0 Å². The molecule has 1 aromatic carbocycles. The third-order valence-corrected chi connectivity index (χ3v) is 7.59. The van der Waals surface area contributed by atoms with Crippen LogP contribution in [0.1, 0.15) is 32.6 Å². The van der Waals surface area contributed by atoms with Gasteiger partial charge in [-0.25, -0.2) is 14.1 Å². The molecule has 0 saturated carbocycles. The molecule has 3 heterocycles. The highest BCUT2D eigenvalue weighted by atomic mass is 31.2. The number of para-hydroxylation sites is 1. The molecule has 1 saturated heterocycles. The molecule has 5 N–H and O–H groups in total. The molecular formula is C23H30N5O8P. The summed E-state index contributed by atoms with van der Waals surface area (Å²) in [6.07, 6.45) is -2.32. The number of aliphatic hydroxyl groups excluding tert-OH is 1. The quantitative estimate of drug-likeness (QED) is 0.218. The predicted molar refractivity (Wildman–Crippen MR) is 132 cm³/mol. The molecule has 1 aliphatic rings. The molecule has 0 bridgehead atoms. The number of aliphatic hydroxyl groups is 2. The molecule has 3 aromatic rings. The summed E-state index contributed by atoms with van der Waals surface area (Å²) in [6, 6.07) is 10.5. The zero-order valence-corrected chi connectivity index (χ0v) is 21.4. The molecule has 0 unspecified atom stereocenters. The number of nitrogens with two attached hydrogens (primary N) is 1. The fourth-order valence-electron chi connectivity index (χ4n) is 4.03. The fourth-order valence-corrected chi connectivity index (χ4v) is 5.53. The lowest BCUT2D eigenvalue weighted by Crippen LogP contribution is -2.43. The first-order valence-corrected chi connectivity index (χ1v) is 13.2. The molecule has 0 spiro atoms. The van der Waals surface area contributed by atoms with Crippen LogP contribution in [0.3, 0.4) is 0 Å². The van der Waals surface area contributed by atoms with Crippen molar-refractivity contribution in [2.75, 3.05) is 18.9 Å². The van der Waals surface area contributed by atoms with Crippen molar-refractivity contribution in [3.05, 3.63) is 54.5 Å². The van der Waals surface area contributed by atoms with E-state index in [9.17, 15) is 19.6 Å². The molecule has 0 amide bonds. The molecule has 0 aliphatic carbocycles. The Morgan fingerprint density at radius 2 is 2.05 bits per heavy atom. The van der Waals surface area contributed by atoms with Gasteiger partial charge in [-0.15, -0.1) is 0 Å². The van der Waals surface area contributed by atoms with Gasteiger partial charge < -0.3 is 29.9 Å². The molecule has 14 heteroatoms. The topological polar surface area (TPSA) is 180 Å². The highest BCUT2D eigenvalue weighted by molar-refractivity contribution is 7.52. The Morgan fingerprint density at radius 1 is 1.32 bits per heavy atom. The van der Waals surface area contributed by atoms with E-state index in [1.165, 1.54) is 24.7 Å². The zero-order valence-electron chi connectivity index (χ0n) is 20.6. The SMILES string of the molecule is CCOC(=O)[C@H](C)N[P@](=O)(OC[C@H]1O[C@@H](c2ccc3c(N)ncnn23)[C@](C)(O)[C@@H]1O)Oc1ccccc1. The molecule has 1 fully saturated rings. The molecule has 4 rings (SSSR count). The Kier molecular flexibility index (Phi) is 7.83. The van der Waals surface area contributed by atoms with E-state index in [-0.39, 0.29) is 18.2 Å². The van der Waals surface area contributed by atoms with Gasteiger partial charge >= 0.3 is 13.7 Å². The molecule has 200 valence electrons. The van der Waals surface area contributed by atoms with E-state index < -0.39 is 50.3 Å². The molecule has 13 nitrogen and oxygen atoms in total. The van der Waals surface area contributed by atoms with Crippen LogP contribution in [-0.2, 0) is 23.4 Å². The summed E-state index contributed by atoms with van der Waals surface area (Å²) in [5.74, 6) is -0.186. The Balaban J connectivity index is 1.54. The lowest BCUT2D eigenvalue weighted by atomic mass is 9.91. The van der Waals surface area contributed by atoms with E-state index in [0.29, 0.717) is 11.2 Å². The Labute approximate surface area is 213 Å². The highest BCUT2D eigenvalue weighted by Gasteiger charge is 2.54. The van der Waals surface area contributed by atoms with Crippen molar-refractivity contribution in [1.29, 1.82) is 0 Å². The van der Waals surface area contributed by atoms with Crippen LogP contribution in [0.25, 0.3) is 5.52 Å². The monoisotopic (exact) mass is 535 g/mol. The number of ether oxygens (including phenoxy) is 2. The van der Waals surface area contributed by atoms with Gasteiger partial charge in [0, 0.05) is 0 Å². The van der Waals surface area contributed by atoms with Gasteiger partial charge in [0.25, 0.3) is 0 Å². The second-order valence-corrected chi connectivity index (χ2v) is 10.4. The standard InChI is InChI=1S/C23H30N5O8P/c1-4-33-22(30)14(2)27-37(32,36-15-8-6-5-7-9-15)34-12-18-19(29)23(3,31)20(35-18)16-10-11-17-21(24)25-13-26-28(16)17/h5-11,13-14,18-20,29,31H,4,12H2,1-3H3,(H,27,32)(H2,24,25,26)/t14-,18+,19+,20-,23+,37-/m0/s1. The van der Waals surface area contributed by atoms with Crippen LogP contribution >= 0.6 is 7.75 Å². The predicted octanol–water partition coefficient (Wildman–Crippen LogP) is 1.61. The van der Waals surface area contributed by atoms with Gasteiger partial charge in [-0.1, -0.05) is 18.2 Å². The third-order valence-electron chi connectivity index (χ3n) is 5.94. The number of nitrogens with zero attached hydrogens (tertiary/aromatic N) is 3. The largest absolute Gasteiger partial charge is 0.465 e. The highest BCUT2D eigenvalue weighted by Crippen LogP contribution is 2.47. The minimum absolute atomic E-state index is 0.138. The fraction of sp³-hybridized carbons (Fsp3) is 0.435. The van der Waals surface area contributed by atoms with Crippen molar-refractivity contribution in [2.24, 2.45) is 0 Å². The second kappa shape index (κ2) is 10.7. The number of carbonyl (C=O) groups excluding carboxylic acids is 1. The maximum absolute atomic E-state index is 13.7. The van der Waals surface area contributed by atoms with E-state index in [0.717, 1.165) is 0 Å². The Morgan fingerprint density at radius 3 is 2.76 bits per heavy atom. The normalized spacial score (nSPS) is 26.0. The number of esters is 1. The van der Waals surface area contributed by atoms with Crippen LogP contribution in [0.2, 0.25) is 0 Å². The number of anilines is 1. The van der Waals surface area contributed by atoms with Crippen LogP contribution in [0.15, 0.2) is 48.8 Å². The lowest BCUT2D eigenvalue weighted by Gasteiger charge is -2.26. The first-order chi connectivity index (χ1) is 17.6. The zero-order chi connectivity index (χ0) is 26.8. The number of benzene rings is 1. The maximum Gasteiger partial charge on any atom is 0.459 e. The summed E-state index contributed by atoms with van der Waals surface area (Å²) in [4.78, 5) is 16.1. The number of nitrogen functional groups attached to an aromatic ring is 1. The number of fused-ring (bicyclic) bond motifs is 1. The number of rotatable bonds is 10. The van der Waals surface area contributed by atoms with Gasteiger partial charge in [-0.2, -0.15) is 10.2 Å². The summed E-state index contributed by atoms with van der Waals surface area (Å²) in [5.41, 5.74) is 5.06. The summed E-state index contributed by atoms with van der Waals surface area (Å²) in [5, 5.41) is 28.8. The van der Waals surface area contributed by atoms with Crippen LogP contribution in [-0.4, -0.2) is 67.8 Å². The van der Waals surface area contributed by atoms with Crippen LogP contribution in [0, 0.1) is 0 Å². The minimum atomic E-state index is -4.19. The lowest BCUT2D eigenvalue weighted by molar-refractivity contribution is -0.144. The van der Waals surface area contributed by atoms with E-state index >= 15 is 0 Å². The van der Waals surface area contributed by atoms with Crippen molar-refractivity contribution >= 4 is 25.1 Å². The van der Waals surface area contributed by atoms with Crippen LogP contribution < -0.4 is 15.3 Å². The average Bonchev–Trinajstić information content (AvgIpc) is 3.38. The first kappa shape index (κ1) is 27.0. The Hall–Kier alpha value is -3.06. The van der Waals surface area contributed by atoms with Gasteiger partial charge in [0.15, 0.2) is 5.82 Å². The second-order valence-electron chi connectivity index (χ2n) is 8.73. The van der Waals surface area contributed by atoms with Crippen molar-refractivity contribution in [2.45, 2.75) is 50.7 Å². The van der Waals surface area contributed by atoms with E-state index in [2.05, 4.69) is 15.2 Å². The maximum atomic E-state index is 13.7. The first-order valence-electron chi connectivity index (χ1n) is 11.6. The van der Waals surface area contributed by atoms with Gasteiger partial charge in [0.1, 0.15) is 47.5 Å². The molecule has 0 radical (unpaired) electrons. The van der Waals surface area contributed by atoms with Crippen LogP contribution in [0.4, 0.5) is 5.82 Å². The smallest absolute Gasteiger partial charge is 0.459 e. The van der Waals surface area contributed by atoms with Crippen molar-refractivity contribution < 1.29 is 38.1 Å². The summed E-state index contributed by atoms with van der Waals surface area (Å²) in [6.45, 7) is 4.21. The third kappa shape index (κ3) is 5.61. The molecule has 1 aliphatic heterocycles. The van der Waals surface area contributed by atoms with Gasteiger partial charge in [0.05, 0.1) is 18.9 Å². The number of hydrogen-bond donors (Lipinski definition) is 4. The number of aromatic nitrogens is 3. The molecule has 6 atom stereocenters. The number of nitrogens with one attached hydrogen (secondary N) is 1. The minimum Gasteiger partial charge on any atom is -0.465 e. The molecular weight excluding hydrogens is 505 g/mol. The summed E-state index contributed by atoms with van der Waals surface area (Å²) < 4.78 is 37.3. The Bertz CT molecular complexity index is 1290. The summed E-state index contributed by atoms with van der Waals surface area (Å²) >= 11 is 0.